The van der Waals surface area contributed by atoms with Crippen molar-refractivity contribution in [1.29, 1.82) is 0 Å². The molecule has 0 amide bonds. The number of carboxylic acid groups (broad SMARTS) is 1. The molecule has 0 saturated carbocycles. The molecule has 0 aromatic carbocycles. The Hall–Kier alpha value is -1.33. The molecule has 0 unspecified atom stereocenters. The Bertz CT molecular complexity index is 320. The van der Waals surface area contributed by atoms with Gasteiger partial charge in [-0.3, -0.25) is 0 Å². The van der Waals surface area contributed by atoms with E-state index in [1.165, 1.54) is 6.26 Å². The molecule has 15 heavy (non-hydrogen) atoms. The van der Waals surface area contributed by atoms with Gasteiger partial charge in [-0.15, -0.1) is 0 Å². The summed E-state index contributed by atoms with van der Waals surface area (Å²) in [6, 6.07) is 1.67. The van der Waals surface area contributed by atoms with E-state index in [9.17, 15) is 4.79 Å². The van der Waals surface area contributed by atoms with Gasteiger partial charge in [0.2, 0.25) is 5.76 Å². The average molecular weight is 212 g/mol. The van der Waals surface area contributed by atoms with E-state index in [4.69, 9.17) is 9.52 Å². The molecule has 84 valence electrons. The van der Waals surface area contributed by atoms with Gasteiger partial charge in [-0.25, -0.2) is 4.79 Å². The van der Waals surface area contributed by atoms with E-state index in [-0.39, 0.29) is 5.76 Å². The number of likely N-dealkylation sites (N-methyl/N-ethyl adjacent to an activating group) is 1. The minimum Gasteiger partial charge on any atom is -0.475 e. The third-order valence-electron chi connectivity index (χ3n) is 1.99. The van der Waals surface area contributed by atoms with Crippen molar-refractivity contribution >= 4 is 5.97 Å². The summed E-state index contributed by atoms with van der Waals surface area (Å²) in [5.41, 5.74) is 0.682. The second-order valence-electron chi connectivity index (χ2n) is 3.56. The Balaban J connectivity index is 2.37. The molecule has 5 nitrogen and oxygen atoms in total. The van der Waals surface area contributed by atoms with E-state index in [1.807, 2.05) is 14.1 Å². The van der Waals surface area contributed by atoms with Gasteiger partial charge in [0.1, 0.15) is 0 Å². The number of aromatic carboxylic acids is 1. The fourth-order valence-corrected chi connectivity index (χ4v) is 1.19. The van der Waals surface area contributed by atoms with Gasteiger partial charge in [-0.05, 0) is 20.2 Å². The fraction of sp³-hybridized carbons (Fsp3) is 0.500. The van der Waals surface area contributed by atoms with Crippen LogP contribution in [-0.2, 0) is 6.54 Å². The van der Waals surface area contributed by atoms with E-state index in [2.05, 4.69) is 10.2 Å². The summed E-state index contributed by atoms with van der Waals surface area (Å²) in [4.78, 5) is 12.8. The van der Waals surface area contributed by atoms with E-state index in [0.29, 0.717) is 12.1 Å². The highest BCUT2D eigenvalue weighted by Gasteiger charge is 2.12. The summed E-state index contributed by atoms with van der Waals surface area (Å²) >= 11 is 0. The molecule has 1 aromatic rings. The molecule has 0 saturated heterocycles. The Morgan fingerprint density at radius 1 is 1.60 bits per heavy atom. The standard InChI is InChI=1S/C10H16N2O3/c1-12(2)5-4-11-7-8-3-6-15-9(8)10(13)14/h3,6,11H,4-5,7H2,1-2H3,(H,13,14). The molecular formula is C10H16N2O3. The molecule has 0 aliphatic heterocycles. The van der Waals surface area contributed by atoms with Gasteiger partial charge in [0.15, 0.2) is 0 Å². The zero-order chi connectivity index (χ0) is 11.3. The first-order valence-corrected chi connectivity index (χ1v) is 4.76. The predicted molar refractivity (Wildman–Crippen MR) is 55.9 cm³/mol. The predicted octanol–water partition coefficient (Wildman–Crippen LogP) is 0.629. The number of furan rings is 1. The molecule has 0 aliphatic carbocycles. The summed E-state index contributed by atoms with van der Waals surface area (Å²) in [7, 11) is 3.98. The van der Waals surface area contributed by atoms with Gasteiger partial charge < -0.3 is 19.7 Å². The van der Waals surface area contributed by atoms with E-state index in [1.54, 1.807) is 6.07 Å². The van der Waals surface area contributed by atoms with Gasteiger partial charge in [0.05, 0.1) is 6.26 Å². The lowest BCUT2D eigenvalue weighted by atomic mass is 10.2. The number of hydrogen-bond donors (Lipinski definition) is 2. The molecule has 5 heteroatoms. The number of nitrogens with zero attached hydrogens (tertiary/aromatic N) is 1. The molecule has 1 aromatic heterocycles. The van der Waals surface area contributed by atoms with E-state index >= 15 is 0 Å². The lowest BCUT2D eigenvalue weighted by Crippen LogP contribution is -2.26. The van der Waals surface area contributed by atoms with Crippen molar-refractivity contribution in [2.45, 2.75) is 6.54 Å². The third kappa shape index (κ3) is 3.73. The van der Waals surface area contributed by atoms with E-state index in [0.717, 1.165) is 13.1 Å². The maximum absolute atomic E-state index is 10.7. The zero-order valence-electron chi connectivity index (χ0n) is 8.99. The number of nitrogens with one attached hydrogen (secondary N) is 1. The van der Waals surface area contributed by atoms with Crippen LogP contribution in [0.2, 0.25) is 0 Å². The minimum absolute atomic E-state index is 0.0207. The summed E-state index contributed by atoms with van der Waals surface area (Å²) in [6.07, 6.45) is 1.40. The molecule has 0 atom stereocenters. The van der Waals surface area contributed by atoms with Crippen LogP contribution < -0.4 is 5.32 Å². The van der Waals surface area contributed by atoms with Crippen molar-refractivity contribution in [3.8, 4) is 0 Å². The van der Waals surface area contributed by atoms with Gasteiger partial charge in [-0.1, -0.05) is 0 Å². The van der Waals surface area contributed by atoms with Crippen molar-refractivity contribution < 1.29 is 14.3 Å². The van der Waals surface area contributed by atoms with Gasteiger partial charge in [-0.2, -0.15) is 0 Å². The smallest absolute Gasteiger partial charge is 0.372 e. The summed E-state index contributed by atoms with van der Waals surface area (Å²) in [5.74, 6) is -1.00. The summed E-state index contributed by atoms with van der Waals surface area (Å²) in [6.45, 7) is 2.25. The molecular weight excluding hydrogens is 196 g/mol. The summed E-state index contributed by atoms with van der Waals surface area (Å²) in [5, 5.41) is 11.9. The number of hydrogen-bond acceptors (Lipinski definition) is 4. The van der Waals surface area contributed by atoms with Crippen molar-refractivity contribution in [2.75, 3.05) is 27.2 Å². The van der Waals surface area contributed by atoms with Crippen LogP contribution in [0.5, 0.6) is 0 Å². The van der Waals surface area contributed by atoms with Gasteiger partial charge in [0, 0.05) is 25.2 Å². The van der Waals surface area contributed by atoms with Crippen LogP contribution in [0.3, 0.4) is 0 Å². The average Bonchev–Trinajstić information content (AvgIpc) is 2.60. The molecule has 0 aliphatic rings. The normalized spacial score (nSPS) is 10.9. The zero-order valence-corrected chi connectivity index (χ0v) is 8.99. The minimum atomic E-state index is -1.02. The molecule has 1 heterocycles. The highest BCUT2D eigenvalue weighted by molar-refractivity contribution is 5.86. The van der Waals surface area contributed by atoms with Gasteiger partial charge in [0.25, 0.3) is 0 Å². The fourth-order valence-electron chi connectivity index (χ4n) is 1.19. The second kappa shape index (κ2) is 5.53. The molecule has 1 rings (SSSR count). The molecule has 2 N–H and O–H groups in total. The van der Waals surface area contributed by atoms with Crippen LogP contribution >= 0.6 is 0 Å². The Morgan fingerprint density at radius 3 is 2.93 bits per heavy atom. The quantitative estimate of drug-likeness (QED) is 0.677. The van der Waals surface area contributed by atoms with Crippen molar-refractivity contribution in [1.82, 2.24) is 10.2 Å². The second-order valence-corrected chi connectivity index (χ2v) is 3.56. The van der Waals surface area contributed by atoms with Crippen molar-refractivity contribution in [3.05, 3.63) is 23.7 Å². The molecule has 0 bridgehead atoms. The number of rotatable bonds is 6. The Kier molecular flexibility index (Phi) is 4.33. The summed E-state index contributed by atoms with van der Waals surface area (Å²) < 4.78 is 4.85. The van der Waals surface area contributed by atoms with Crippen molar-refractivity contribution in [2.24, 2.45) is 0 Å². The maximum atomic E-state index is 10.7. The monoisotopic (exact) mass is 212 g/mol. The van der Waals surface area contributed by atoms with Crippen LogP contribution in [0.4, 0.5) is 0 Å². The SMILES string of the molecule is CN(C)CCNCc1ccoc1C(=O)O. The van der Waals surface area contributed by atoms with Crippen LogP contribution in [0.15, 0.2) is 16.7 Å². The van der Waals surface area contributed by atoms with Crippen LogP contribution in [0, 0.1) is 0 Å². The van der Waals surface area contributed by atoms with Crippen LogP contribution in [0.1, 0.15) is 16.1 Å². The number of carbonyl (C=O) groups is 1. The molecule has 0 radical (unpaired) electrons. The Labute approximate surface area is 88.7 Å². The topological polar surface area (TPSA) is 65.7 Å². The van der Waals surface area contributed by atoms with Crippen molar-refractivity contribution in [3.63, 3.8) is 0 Å². The highest BCUT2D eigenvalue weighted by atomic mass is 16.4. The molecule has 0 fully saturated rings. The lowest BCUT2D eigenvalue weighted by Gasteiger charge is -2.09. The molecule has 0 spiro atoms. The first-order valence-electron chi connectivity index (χ1n) is 4.76. The van der Waals surface area contributed by atoms with E-state index < -0.39 is 5.97 Å². The van der Waals surface area contributed by atoms with Gasteiger partial charge >= 0.3 is 5.97 Å². The highest BCUT2D eigenvalue weighted by Crippen LogP contribution is 2.09. The lowest BCUT2D eigenvalue weighted by molar-refractivity contribution is 0.0660. The largest absolute Gasteiger partial charge is 0.475 e. The number of carboxylic acids is 1. The van der Waals surface area contributed by atoms with Crippen LogP contribution in [-0.4, -0.2) is 43.2 Å². The maximum Gasteiger partial charge on any atom is 0.372 e. The first kappa shape index (κ1) is 11.7. The Morgan fingerprint density at radius 2 is 2.33 bits per heavy atom. The first-order chi connectivity index (χ1) is 7.11. The third-order valence-corrected chi connectivity index (χ3v) is 1.99. The van der Waals surface area contributed by atoms with Crippen LogP contribution in [0.25, 0.3) is 0 Å².